The van der Waals surface area contributed by atoms with Gasteiger partial charge in [-0.1, -0.05) is 0 Å². The van der Waals surface area contributed by atoms with Gasteiger partial charge >= 0.3 is 0 Å². The van der Waals surface area contributed by atoms with E-state index in [0.717, 1.165) is 42.2 Å². The van der Waals surface area contributed by atoms with Gasteiger partial charge in [0.2, 0.25) is 11.8 Å². The van der Waals surface area contributed by atoms with E-state index in [0.29, 0.717) is 17.1 Å². The van der Waals surface area contributed by atoms with Crippen LogP contribution in [0.15, 0.2) is 12.4 Å². The van der Waals surface area contributed by atoms with Gasteiger partial charge in [-0.2, -0.15) is 0 Å². The molecular weight excluding hydrogens is 326 g/mol. The van der Waals surface area contributed by atoms with Crippen molar-refractivity contribution in [2.45, 2.75) is 39.3 Å². The fourth-order valence-electron chi connectivity index (χ4n) is 2.81. The predicted octanol–water partition coefficient (Wildman–Crippen LogP) is 1.89. The highest BCUT2D eigenvalue weighted by Crippen LogP contribution is 2.24. The third-order valence-electron chi connectivity index (χ3n) is 4.06. The van der Waals surface area contributed by atoms with Gasteiger partial charge in [0.1, 0.15) is 0 Å². The summed E-state index contributed by atoms with van der Waals surface area (Å²) in [6.45, 7) is 5.41. The van der Waals surface area contributed by atoms with Crippen LogP contribution >= 0.6 is 11.3 Å². The minimum atomic E-state index is -0.0967. The number of ether oxygens (including phenoxy) is 1. The molecule has 0 aromatic carbocycles. The number of nitrogens with one attached hydrogen (secondary N) is 1. The molecule has 1 aliphatic rings. The number of amides is 1. The van der Waals surface area contributed by atoms with Crippen molar-refractivity contribution < 1.29 is 9.53 Å². The topological polar surface area (TPSA) is 80.2 Å². The number of nitrogens with zero attached hydrogens (tertiary/aromatic N) is 4. The number of carbonyl (C=O) groups is 1. The molecule has 2 aromatic heterocycles. The first-order valence-electron chi connectivity index (χ1n) is 7.90. The van der Waals surface area contributed by atoms with Crippen molar-refractivity contribution in [3.05, 3.63) is 28.7 Å². The summed E-state index contributed by atoms with van der Waals surface area (Å²) in [6.07, 6.45) is 5.23. The fraction of sp³-hybridized carbons (Fsp3) is 0.500. The molecule has 0 spiro atoms. The van der Waals surface area contributed by atoms with Crippen LogP contribution < -0.4 is 10.1 Å². The van der Waals surface area contributed by atoms with Gasteiger partial charge in [0.15, 0.2) is 5.13 Å². The smallest absolute Gasteiger partial charge is 0.232 e. The summed E-state index contributed by atoms with van der Waals surface area (Å²) in [5.41, 5.74) is 2.07. The molecule has 0 aliphatic carbocycles. The molecule has 128 valence electrons. The number of rotatable bonds is 4. The zero-order valence-corrected chi connectivity index (χ0v) is 14.9. The molecule has 8 heteroatoms. The van der Waals surface area contributed by atoms with Crippen LogP contribution in [0.5, 0.6) is 5.88 Å². The molecule has 0 fully saturated rings. The summed E-state index contributed by atoms with van der Waals surface area (Å²) in [6, 6.07) is 0.361. The van der Waals surface area contributed by atoms with Crippen LogP contribution in [-0.4, -0.2) is 45.5 Å². The van der Waals surface area contributed by atoms with Crippen LogP contribution in [0, 0.1) is 0 Å². The molecule has 1 N–H and O–H groups in total. The Morgan fingerprint density at radius 3 is 3.00 bits per heavy atom. The van der Waals surface area contributed by atoms with Crippen LogP contribution in [0.4, 0.5) is 5.13 Å². The van der Waals surface area contributed by atoms with Crippen LogP contribution in [-0.2, 0) is 24.2 Å². The molecule has 0 bridgehead atoms. The minimum absolute atomic E-state index is 0.0967. The quantitative estimate of drug-likeness (QED) is 0.910. The maximum Gasteiger partial charge on any atom is 0.232 e. The Labute approximate surface area is 145 Å². The van der Waals surface area contributed by atoms with Crippen LogP contribution in [0.1, 0.15) is 30.1 Å². The second-order valence-corrected chi connectivity index (χ2v) is 7.01. The predicted molar refractivity (Wildman–Crippen MR) is 92.3 cm³/mol. The number of hydrogen-bond acceptors (Lipinski definition) is 7. The monoisotopic (exact) mass is 347 g/mol. The Morgan fingerprint density at radius 1 is 1.42 bits per heavy atom. The van der Waals surface area contributed by atoms with E-state index >= 15 is 0 Å². The van der Waals surface area contributed by atoms with Crippen molar-refractivity contribution in [2.24, 2.45) is 0 Å². The largest absolute Gasteiger partial charge is 0.480 e. The Hall–Kier alpha value is -2.06. The normalized spacial score (nSPS) is 17.9. The van der Waals surface area contributed by atoms with Gasteiger partial charge in [-0.25, -0.2) is 9.97 Å². The number of methoxy groups -OCH3 is 1. The van der Waals surface area contributed by atoms with Crippen molar-refractivity contribution in [3.8, 4) is 5.88 Å². The van der Waals surface area contributed by atoms with E-state index in [1.54, 1.807) is 13.3 Å². The number of fused-ring (bicyclic) bond motifs is 1. The SMILES string of the molecule is COc1cnc2c(n1)CCN(Cc1cnc(NC(C)=O)s1)[C@@H](C)C2. The van der Waals surface area contributed by atoms with Crippen molar-refractivity contribution in [1.29, 1.82) is 0 Å². The highest BCUT2D eigenvalue weighted by molar-refractivity contribution is 7.15. The zero-order valence-electron chi connectivity index (χ0n) is 14.1. The number of hydrogen-bond donors (Lipinski definition) is 1. The Morgan fingerprint density at radius 2 is 2.25 bits per heavy atom. The summed E-state index contributed by atoms with van der Waals surface area (Å²) in [7, 11) is 1.61. The Kier molecular flexibility index (Phi) is 5.06. The highest BCUT2D eigenvalue weighted by atomic mass is 32.1. The minimum Gasteiger partial charge on any atom is -0.480 e. The molecule has 0 saturated carbocycles. The molecule has 1 atom stereocenters. The van der Waals surface area contributed by atoms with Crippen LogP contribution in [0.25, 0.3) is 0 Å². The standard InChI is InChI=1S/C16H21N5O2S/c1-10-6-14-13(20-15(23-3)8-17-14)4-5-21(10)9-12-7-18-16(24-12)19-11(2)22/h7-8,10H,4-6,9H2,1-3H3,(H,18,19,22)/t10-/m0/s1. The Bertz CT molecular complexity index is 733. The van der Waals surface area contributed by atoms with E-state index in [1.165, 1.54) is 18.3 Å². The van der Waals surface area contributed by atoms with E-state index in [9.17, 15) is 4.79 Å². The fourth-order valence-corrected chi connectivity index (χ4v) is 3.69. The van der Waals surface area contributed by atoms with E-state index < -0.39 is 0 Å². The van der Waals surface area contributed by atoms with Gasteiger partial charge in [-0.15, -0.1) is 11.3 Å². The summed E-state index contributed by atoms with van der Waals surface area (Å²) < 4.78 is 5.18. The van der Waals surface area contributed by atoms with Gasteiger partial charge in [0, 0.05) is 50.0 Å². The van der Waals surface area contributed by atoms with Gasteiger partial charge in [0.25, 0.3) is 0 Å². The first-order valence-corrected chi connectivity index (χ1v) is 8.72. The molecule has 7 nitrogen and oxygen atoms in total. The van der Waals surface area contributed by atoms with Crippen molar-refractivity contribution in [3.63, 3.8) is 0 Å². The molecule has 1 aliphatic heterocycles. The molecule has 3 heterocycles. The molecule has 3 rings (SSSR count). The van der Waals surface area contributed by atoms with Crippen molar-refractivity contribution >= 4 is 22.4 Å². The first kappa shape index (κ1) is 16.8. The van der Waals surface area contributed by atoms with E-state index in [2.05, 4.69) is 32.1 Å². The molecule has 1 amide bonds. The third-order valence-corrected chi connectivity index (χ3v) is 4.96. The average Bonchev–Trinajstić information content (AvgIpc) is 2.91. The summed E-state index contributed by atoms with van der Waals surface area (Å²) in [5.74, 6) is 0.470. The maximum atomic E-state index is 11.1. The van der Waals surface area contributed by atoms with Gasteiger partial charge < -0.3 is 10.1 Å². The average molecular weight is 347 g/mol. The highest BCUT2D eigenvalue weighted by Gasteiger charge is 2.23. The molecule has 0 saturated heterocycles. The lowest BCUT2D eigenvalue weighted by atomic mass is 10.1. The van der Waals surface area contributed by atoms with Gasteiger partial charge in [-0.3, -0.25) is 14.7 Å². The lowest BCUT2D eigenvalue weighted by Crippen LogP contribution is -2.33. The summed E-state index contributed by atoms with van der Waals surface area (Å²) >= 11 is 1.52. The van der Waals surface area contributed by atoms with E-state index in [1.807, 2.05) is 6.20 Å². The number of aromatic nitrogens is 3. The second-order valence-electron chi connectivity index (χ2n) is 5.89. The van der Waals surface area contributed by atoms with Gasteiger partial charge in [-0.05, 0) is 6.92 Å². The van der Waals surface area contributed by atoms with E-state index in [-0.39, 0.29) is 5.91 Å². The maximum absolute atomic E-state index is 11.1. The number of anilines is 1. The number of thiazole rings is 1. The molecule has 0 unspecified atom stereocenters. The lowest BCUT2D eigenvalue weighted by Gasteiger charge is -2.25. The van der Waals surface area contributed by atoms with Crippen LogP contribution in [0.3, 0.4) is 0 Å². The summed E-state index contributed by atoms with van der Waals surface area (Å²) in [5, 5.41) is 3.38. The third kappa shape index (κ3) is 3.88. The molecule has 0 radical (unpaired) electrons. The molecule has 2 aromatic rings. The van der Waals surface area contributed by atoms with Gasteiger partial charge in [0.05, 0.1) is 24.7 Å². The lowest BCUT2D eigenvalue weighted by molar-refractivity contribution is -0.114. The summed E-state index contributed by atoms with van der Waals surface area (Å²) in [4.78, 5) is 27.9. The van der Waals surface area contributed by atoms with E-state index in [4.69, 9.17) is 4.74 Å². The molecule has 24 heavy (non-hydrogen) atoms. The van der Waals surface area contributed by atoms with Crippen molar-refractivity contribution in [1.82, 2.24) is 19.9 Å². The second kappa shape index (κ2) is 7.23. The zero-order chi connectivity index (χ0) is 17.1. The first-order chi connectivity index (χ1) is 11.5. The van der Waals surface area contributed by atoms with Crippen molar-refractivity contribution in [2.75, 3.05) is 19.0 Å². The molecular formula is C16H21N5O2S. The Balaban J connectivity index is 1.69. The van der Waals surface area contributed by atoms with Crippen LogP contribution in [0.2, 0.25) is 0 Å². The number of carbonyl (C=O) groups excluding carboxylic acids is 1.